The molecule has 4 nitrogen and oxygen atoms in total. The maximum Gasteiger partial charge on any atom is 0.262 e. The summed E-state index contributed by atoms with van der Waals surface area (Å²) < 4.78 is 24.1. The molecular weight excluding hydrogens is 378 g/mol. The van der Waals surface area contributed by atoms with E-state index < -0.39 is 9.05 Å². The van der Waals surface area contributed by atoms with Gasteiger partial charge in [0.2, 0.25) is 0 Å². The molecule has 0 aromatic heterocycles. The maximum atomic E-state index is 12.7. The summed E-state index contributed by atoms with van der Waals surface area (Å²) in [5.41, 5.74) is 0.781. The number of carbonyl (C=O) groups is 1. The molecule has 2 rings (SSSR count). The van der Waals surface area contributed by atoms with Crippen molar-refractivity contribution >= 4 is 41.6 Å². The van der Waals surface area contributed by atoms with E-state index >= 15 is 0 Å². The molecule has 0 bridgehead atoms. The molecule has 0 saturated heterocycles. The Morgan fingerprint density at radius 1 is 1.33 bits per heavy atom. The van der Waals surface area contributed by atoms with E-state index in [-0.39, 0.29) is 27.8 Å². The van der Waals surface area contributed by atoms with Crippen molar-refractivity contribution in [3.63, 3.8) is 0 Å². The van der Waals surface area contributed by atoms with Gasteiger partial charge in [0.15, 0.2) is 0 Å². The minimum absolute atomic E-state index is 0.0259. The number of hydrogen-bond acceptors (Lipinski definition) is 3. The number of fused-ring (bicyclic) bond motifs is 1. The molecule has 7 heteroatoms. The highest BCUT2D eigenvalue weighted by Crippen LogP contribution is 2.37. The van der Waals surface area contributed by atoms with Crippen LogP contribution in [0, 0.1) is 5.41 Å². The number of nitrogens with zero attached hydrogens (tertiary/aromatic N) is 1. The first-order valence-corrected chi connectivity index (χ1v) is 9.61. The summed E-state index contributed by atoms with van der Waals surface area (Å²) in [6, 6.07) is 3.13. The van der Waals surface area contributed by atoms with E-state index in [1.807, 2.05) is 27.7 Å². The molecule has 1 aliphatic rings. The van der Waals surface area contributed by atoms with E-state index in [9.17, 15) is 13.2 Å². The van der Waals surface area contributed by atoms with Gasteiger partial charge in [-0.1, -0.05) is 36.7 Å². The highest BCUT2D eigenvalue weighted by Gasteiger charge is 2.39. The van der Waals surface area contributed by atoms with E-state index in [1.165, 1.54) is 6.07 Å². The van der Waals surface area contributed by atoms with Crippen LogP contribution < -0.4 is 0 Å². The van der Waals surface area contributed by atoms with Crippen LogP contribution in [0.5, 0.6) is 0 Å². The SMILES string of the molecule is C[C@H](N1Cc2cc(Br)cc(S(=O)(=O)Cl)c2C1=O)C(C)(C)C. The van der Waals surface area contributed by atoms with Crippen LogP contribution in [0.3, 0.4) is 0 Å². The standard InChI is InChI=1S/C14H17BrClNO3S/c1-8(14(2,3)4)17-7-9-5-10(15)6-11(21(16,19)20)12(9)13(17)18/h5-6,8H,7H2,1-4H3/t8-/m0/s1. The number of hydrogen-bond donors (Lipinski definition) is 0. The van der Waals surface area contributed by atoms with Gasteiger partial charge in [-0.05, 0) is 30.0 Å². The largest absolute Gasteiger partial charge is 0.331 e. The normalized spacial score (nSPS) is 17.0. The molecule has 1 atom stereocenters. The van der Waals surface area contributed by atoms with Gasteiger partial charge in [0.05, 0.1) is 10.5 Å². The van der Waals surface area contributed by atoms with Crippen LogP contribution in [0.15, 0.2) is 21.5 Å². The Balaban J connectivity index is 2.57. The van der Waals surface area contributed by atoms with Crippen LogP contribution in [0.1, 0.15) is 43.6 Å². The molecule has 116 valence electrons. The summed E-state index contributed by atoms with van der Waals surface area (Å²) in [4.78, 5) is 14.2. The zero-order valence-corrected chi connectivity index (χ0v) is 15.4. The molecule has 0 radical (unpaired) electrons. The Labute approximate surface area is 138 Å². The minimum atomic E-state index is -3.97. The molecule has 0 aliphatic carbocycles. The number of carbonyl (C=O) groups excluding carboxylic acids is 1. The van der Waals surface area contributed by atoms with Crippen molar-refractivity contribution in [2.24, 2.45) is 5.41 Å². The lowest BCUT2D eigenvalue weighted by Gasteiger charge is -2.35. The van der Waals surface area contributed by atoms with E-state index in [0.29, 0.717) is 16.6 Å². The summed E-state index contributed by atoms with van der Waals surface area (Å²) in [6.45, 7) is 8.49. The lowest BCUT2D eigenvalue weighted by atomic mass is 9.87. The molecule has 1 amide bonds. The number of benzene rings is 1. The highest BCUT2D eigenvalue weighted by atomic mass is 79.9. The van der Waals surface area contributed by atoms with E-state index in [2.05, 4.69) is 15.9 Å². The Hall–Kier alpha value is -0.590. The first-order valence-electron chi connectivity index (χ1n) is 6.51. The molecule has 1 aromatic rings. The van der Waals surface area contributed by atoms with Crippen LogP contribution in [-0.2, 0) is 15.6 Å². The molecule has 1 heterocycles. The molecule has 1 aromatic carbocycles. The second kappa shape index (κ2) is 5.25. The van der Waals surface area contributed by atoms with Gasteiger partial charge >= 0.3 is 0 Å². The van der Waals surface area contributed by atoms with Gasteiger partial charge in [-0.25, -0.2) is 8.42 Å². The first-order chi connectivity index (χ1) is 9.43. The van der Waals surface area contributed by atoms with Gasteiger partial charge in [0, 0.05) is 27.7 Å². The predicted molar refractivity (Wildman–Crippen MR) is 86.0 cm³/mol. The smallest absolute Gasteiger partial charge is 0.262 e. The summed E-state index contributed by atoms with van der Waals surface area (Å²) in [5, 5.41) is 0. The van der Waals surface area contributed by atoms with Gasteiger partial charge in [-0.3, -0.25) is 4.79 Å². The molecule has 0 spiro atoms. The first kappa shape index (κ1) is 16.8. The summed E-state index contributed by atoms with van der Waals surface area (Å²) >= 11 is 3.27. The second-order valence-corrected chi connectivity index (χ2v) is 9.80. The van der Waals surface area contributed by atoms with Crippen molar-refractivity contribution in [3.05, 3.63) is 27.7 Å². The lowest BCUT2D eigenvalue weighted by molar-refractivity contribution is 0.0577. The third kappa shape index (κ3) is 3.12. The fourth-order valence-electron chi connectivity index (χ4n) is 2.37. The van der Waals surface area contributed by atoms with Crippen LogP contribution in [0.25, 0.3) is 0 Å². The van der Waals surface area contributed by atoms with Crippen molar-refractivity contribution in [2.45, 2.75) is 45.2 Å². The van der Waals surface area contributed by atoms with Gasteiger partial charge in [0.25, 0.3) is 15.0 Å². The fourth-order valence-corrected chi connectivity index (χ4v) is 4.13. The Morgan fingerprint density at radius 2 is 1.90 bits per heavy atom. The van der Waals surface area contributed by atoms with Crippen molar-refractivity contribution in [2.75, 3.05) is 0 Å². The third-order valence-electron chi connectivity index (χ3n) is 3.95. The van der Waals surface area contributed by atoms with Crippen LogP contribution in [-0.4, -0.2) is 25.3 Å². The van der Waals surface area contributed by atoms with Gasteiger partial charge < -0.3 is 4.90 Å². The van der Waals surface area contributed by atoms with E-state index in [0.717, 1.165) is 0 Å². The van der Waals surface area contributed by atoms with Crippen LogP contribution >= 0.6 is 26.6 Å². The van der Waals surface area contributed by atoms with Gasteiger partial charge in [-0.2, -0.15) is 0 Å². The number of amides is 1. The van der Waals surface area contributed by atoms with Crippen molar-refractivity contribution < 1.29 is 13.2 Å². The highest BCUT2D eigenvalue weighted by molar-refractivity contribution is 9.10. The van der Waals surface area contributed by atoms with Crippen molar-refractivity contribution in [3.8, 4) is 0 Å². The Kier molecular flexibility index (Phi) is 4.19. The minimum Gasteiger partial charge on any atom is -0.331 e. The monoisotopic (exact) mass is 393 g/mol. The molecule has 0 N–H and O–H groups in total. The number of rotatable bonds is 2. The van der Waals surface area contributed by atoms with E-state index in [1.54, 1.807) is 11.0 Å². The topological polar surface area (TPSA) is 54.5 Å². The maximum absolute atomic E-state index is 12.7. The average molecular weight is 395 g/mol. The molecular formula is C14H17BrClNO3S. The van der Waals surface area contributed by atoms with Gasteiger partial charge in [-0.15, -0.1) is 0 Å². The van der Waals surface area contributed by atoms with Crippen molar-refractivity contribution in [1.29, 1.82) is 0 Å². The zero-order valence-electron chi connectivity index (χ0n) is 12.3. The summed E-state index contributed by atoms with van der Waals surface area (Å²) in [5.74, 6) is -0.279. The van der Waals surface area contributed by atoms with E-state index in [4.69, 9.17) is 10.7 Å². The van der Waals surface area contributed by atoms with Crippen molar-refractivity contribution in [1.82, 2.24) is 4.90 Å². The Morgan fingerprint density at radius 3 is 2.38 bits per heavy atom. The lowest BCUT2D eigenvalue weighted by Crippen LogP contribution is -2.42. The summed E-state index contributed by atoms with van der Waals surface area (Å²) in [6.07, 6.45) is 0. The second-order valence-electron chi connectivity index (χ2n) is 6.35. The quantitative estimate of drug-likeness (QED) is 0.718. The molecule has 0 fully saturated rings. The average Bonchev–Trinajstić information content (AvgIpc) is 2.62. The van der Waals surface area contributed by atoms with Crippen LogP contribution in [0.4, 0.5) is 0 Å². The Bertz CT molecular complexity index is 710. The summed E-state index contributed by atoms with van der Waals surface area (Å²) in [7, 11) is 1.50. The van der Waals surface area contributed by atoms with Crippen LogP contribution in [0.2, 0.25) is 0 Å². The number of halogens is 2. The molecule has 21 heavy (non-hydrogen) atoms. The third-order valence-corrected chi connectivity index (χ3v) is 5.75. The molecule has 1 aliphatic heterocycles. The molecule has 0 unspecified atom stereocenters. The zero-order chi connectivity index (χ0) is 16.2. The fraction of sp³-hybridized carbons (Fsp3) is 0.500. The molecule has 0 saturated carbocycles. The van der Waals surface area contributed by atoms with Gasteiger partial charge in [0.1, 0.15) is 0 Å². The predicted octanol–water partition coefficient (Wildman–Crippen LogP) is 3.77.